The lowest BCUT2D eigenvalue weighted by Crippen LogP contribution is -2.04. The molecule has 0 unspecified atom stereocenters. The summed E-state index contributed by atoms with van der Waals surface area (Å²) in [5.74, 6) is -1.07. The molecule has 1 aromatic rings. The van der Waals surface area contributed by atoms with E-state index >= 15 is 0 Å². The Morgan fingerprint density at radius 2 is 2.20 bits per heavy atom. The van der Waals surface area contributed by atoms with Crippen LogP contribution in [0.1, 0.15) is 24.0 Å². The highest BCUT2D eigenvalue weighted by atomic mass is 19.1. The topological polar surface area (TPSA) is 49.7 Å². The van der Waals surface area contributed by atoms with Crippen molar-refractivity contribution in [3.8, 4) is 5.75 Å². The summed E-state index contributed by atoms with van der Waals surface area (Å²) in [6.45, 7) is 1.73. The van der Waals surface area contributed by atoms with Crippen LogP contribution in [0.5, 0.6) is 5.75 Å². The van der Waals surface area contributed by atoms with Crippen LogP contribution >= 0.6 is 0 Å². The molecule has 2 rings (SSSR count). The van der Waals surface area contributed by atoms with Gasteiger partial charge < -0.3 is 5.11 Å². The van der Waals surface area contributed by atoms with E-state index in [2.05, 4.69) is 4.99 Å². The Bertz CT molecular complexity index is 460. The van der Waals surface area contributed by atoms with Crippen LogP contribution in [-0.4, -0.2) is 11.2 Å². The number of hydrogen-bond acceptors (Lipinski definition) is 3. The molecule has 1 aliphatic carbocycles. The zero-order valence-corrected chi connectivity index (χ0v) is 8.25. The fourth-order valence-electron chi connectivity index (χ4n) is 1.74. The van der Waals surface area contributed by atoms with Gasteiger partial charge in [0.2, 0.25) is 6.08 Å². The summed E-state index contributed by atoms with van der Waals surface area (Å²) in [5.41, 5.74) is 0.370. The number of aryl methyl sites for hydroxylation is 1. The molecule has 1 N–H and O–H groups in total. The van der Waals surface area contributed by atoms with Crippen LogP contribution in [0.15, 0.2) is 17.1 Å². The van der Waals surface area contributed by atoms with Crippen molar-refractivity contribution in [3.05, 3.63) is 29.1 Å². The van der Waals surface area contributed by atoms with Crippen molar-refractivity contribution in [2.24, 2.45) is 4.99 Å². The van der Waals surface area contributed by atoms with Crippen LogP contribution in [0.25, 0.3) is 0 Å². The molecule has 0 atom stereocenters. The van der Waals surface area contributed by atoms with Gasteiger partial charge in [0.1, 0.15) is 5.54 Å². The van der Waals surface area contributed by atoms with Crippen LogP contribution in [0, 0.1) is 12.7 Å². The highest BCUT2D eigenvalue weighted by molar-refractivity contribution is 5.48. The first-order valence-corrected chi connectivity index (χ1v) is 4.68. The van der Waals surface area contributed by atoms with Crippen molar-refractivity contribution >= 4 is 6.08 Å². The van der Waals surface area contributed by atoms with E-state index in [-0.39, 0.29) is 0 Å². The molecule has 0 saturated heterocycles. The minimum absolute atomic E-state index is 0.392. The minimum atomic E-state index is -0.724. The lowest BCUT2D eigenvalue weighted by atomic mass is 10.0. The molecule has 0 amide bonds. The standard InChI is InChI=1S/C11H10FNO2/c1-7-4-8(10(15)9(12)5-7)11(2-3-11)13-6-14/h4-5,15H,2-3H2,1H3. The van der Waals surface area contributed by atoms with Crippen molar-refractivity contribution in [2.75, 3.05) is 0 Å². The third kappa shape index (κ3) is 1.53. The molecule has 0 spiro atoms. The SMILES string of the molecule is Cc1cc(F)c(O)c(C2(N=C=O)CC2)c1. The summed E-state index contributed by atoms with van der Waals surface area (Å²) in [6, 6.07) is 2.91. The number of phenolic OH excluding ortho intramolecular Hbond substituents is 1. The number of rotatable bonds is 2. The van der Waals surface area contributed by atoms with Gasteiger partial charge in [0.05, 0.1) is 0 Å². The van der Waals surface area contributed by atoms with E-state index in [1.165, 1.54) is 12.1 Å². The van der Waals surface area contributed by atoms with E-state index in [1.54, 1.807) is 13.0 Å². The quantitative estimate of drug-likeness (QED) is 0.596. The number of aromatic hydroxyl groups is 1. The molecule has 15 heavy (non-hydrogen) atoms. The predicted octanol–water partition coefficient (Wildman–Crippen LogP) is 2.16. The summed E-state index contributed by atoms with van der Waals surface area (Å²) in [7, 11) is 0. The Morgan fingerprint density at radius 3 is 2.73 bits per heavy atom. The zero-order valence-electron chi connectivity index (χ0n) is 8.25. The molecule has 1 saturated carbocycles. The molecule has 0 bridgehead atoms. The third-order valence-corrected chi connectivity index (χ3v) is 2.69. The second kappa shape index (κ2) is 3.17. The highest BCUT2D eigenvalue weighted by Gasteiger charge is 2.47. The first-order valence-electron chi connectivity index (χ1n) is 4.68. The number of aliphatic imine (C=N–C) groups is 1. The summed E-state index contributed by atoms with van der Waals surface area (Å²) in [5, 5.41) is 9.56. The van der Waals surface area contributed by atoms with Crippen LogP contribution in [0.4, 0.5) is 4.39 Å². The number of halogens is 1. The molecule has 4 heteroatoms. The van der Waals surface area contributed by atoms with Gasteiger partial charge in [-0.05, 0) is 37.5 Å². The van der Waals surface area contributed by atoms with E-state index in [4.69, 9.17) is 0 Å². The maximum absolute atomic E-state index is 13.2. The van der Waals surface area contributed by atoms with Gasteiger partial charge in [0, 0.05) is 5.56 Å². The molecule has 78 valence electrons. The Labute approximate surface area is 86.3 Å². The Balaban J connectivity index is 2.57. The largest absolute Gasteiger partial charge is 0.505 e. The number of nitrogens with zero attached hydrogens (tertiary/aromatic N) is 1. The van der Waals surface area contributed by atoms with Crippen molar-refractivity contribution in [1.29, 1.82) is 0 Å². The molecular formula is C11H10FNO2. The van der Waals surface area contributed by atoms with Crippen molar-refractivity contribution < 1.29 is 14.3 Å². The Kier molecular flexibility index (Phi) is 2.09. The Morgan fingerprint density at radius 1 is 1.53 bits per heavy atom. The van der Waals surface area contributed by atoms with Crippen LogP contribution < -0.4 is 0 Å². The molecule has 0 aliphatic heterocycles. The Hall–Kier alpha value is -1.67. The maximum atomic E-state index is 13.2. The number of hydrogen-bond donors (Lipinski definition) is 1. The number of isocyanates is 1. The molecule has 0 radical (unpaired) electrons. The molecule has 0 aromatic heterocycles. The van der Waals surface area contributed by atoms with Crippen LogP contribution in [0.2, 0.25) is 0 Å². The van der Waals surface area contributed by atoms with Crippen LogP contribution in [-0.2, 0) is 10.3 Å². The summed E-state index contributed by atoms with van der Waals surface area (Å²) < 4.78 is 13.2. The van der Waals surface area contributed by atoms with Crippen LogP contribution in [0.3, 0.4) is 0 Å². The first-order chi connectivity index (χ1) is 7.09. The second-order valence-corrected chi connectivity index (χ2v) is 3.88. The number of phenols is 1. The van der Waals surface area contributed by atoms with Gasteiger partial charge in [0.25, 0.3) is 0 Å². The van der Waals surface area contributed by atoms with Gasteiger partial charge in [-0.15, -0.1) is 0 Å². The van der Waals surface area contributed by atoms with E-state index in [9.17, 15) is 14.3 Å². The predicted molar refractivity (Wildman–Crippen MR) is 51.8 cm³/mol. The molecular weight excluding hydrogens is 197 g/mol. The fourth-order valence-corrected chi connectivity index (χ4v) is 1.74. The average molecular weight is 207 g/mol. The fraction of sp³-hybridized carbons (Fsp3) is 0.364. The third-order valence-electron chi connectivity index (χ3n) is 2.69. The minimum Gasteiger partial charge on any atom is -0.505 e. The molecule has 3 nitrogen and oxygen atoms in total. The van der Waals surface area contributed by atoms with Crippen molar-refractivity contribution in [3.63, 3.8) is 0 Å². The van der Waals surface area contributed by atoms with Gasteiger partial charge >= 0.3 is 0 Å². The van der Waals surface area contributed by atoms with Gasteiger partial charge in [-0.2, -0.15) is 4.99 Å². The molecule has 0 heterocycles. The zero-order chi connectivity index (χ0) is 11.1. The van der Waals surface area contributed by atoms with Gasteiger partial charge in [-0.1, -0.05) is 0 Å². The smallest absolute Gasteiger partial charge is 0.235 e. The van der Waals surface area contributed by atoms with E-state index < -0.39 is 17.1 Å². The summed E-state index contributed by atoms with van der Waals surface area (Å²) >= 11 is 0. The summed E-state index contributed by atoms with van der Waals surface area (Å²) in [6.07, 6.45) is 2.78. The average Bonchev–Trinajstić information content (AvgIpc) is 2.93. The molecule has 1 fully saturated rings. The van der Waals surface area contributed by atoms with Gasteiger partial charge in [0.15, 0.2) is 11.6 Å². The molecule has 1 aromatic carbocycles. The molecule has 1 aliphatic rings. The number of benzene rings is 1. The van der Waals surface area contributed by atoms with Gasteiger partial charge in [-0.3, -0.25) is 0 Å². The lowest BCUT2D eigenvalue weighted by molar-refractivity contribution is 0.418. The monoisotopic (exact) mass is 207 g/mol. The van der Waals surface area contributed by atoms with E-state index in [1.807, 2.05) is 0 Å². The van der Waals surface area contributed by atoms with E-state index in [0.717, 1.165) is 0 Å². The highest BCUT2D eigenvalue weighted by Crippen LogP contribution is 2.52. The van der Waals surface area contributed by atoms with Gasteiger partial charge in [-0.25, -0.2) is 9.18 Å². The number of carbonyl (C=O) groups excluding carboxylic acids is 1. The van der Waals surface area contributed by atoms with E-state index in [0.29, 0.717) is 24.0 Å². The first kappa shape index (κ1) is 9.87. The van der Waals surface area contributed by atoms with Crippen molar-refractivity contribution in [2.45, 2.75) is 25.3 Å². The van der Waals surface area contributed by atoms with Crippen molar-refractivity contribution in [1.82, 2.24) is 0 Å². The second-order valence-electron chi connectivity index (χ2n) is 3.88. The maximum Gasteiger partial charge on any atom is 0.235 e. The summed E-state index contributed by atoms with van der Waals surface area (Å²) in [4.78, 5) is 13.9. The normalized spacial score (nSPS) is 16.9. The lowest BCUT2D eigenvalue weighted by Gasteiger charge is -2.11.